The Bertz CT molecular complexity index is 280. The number of hydrogen-bond donors (Lipinski definition) is 1. The molecule has 0 spiro atoms. The Morgan fingerprint density at radius 1 is 1.42 bits per heavy atom. The molecular weight excluding hydrogens is 152 g/mol. The summed E-state index contributed by atoms with van der Waals surface area (Å²) in [6, 6.07) is 9.37. The third-order valence-corrected chi connectivity index (χ3v) is 1.30. The molecule has 0 aromatic heterocycles. The summed E-state index contributed by atoms with van der Waals surface area (Å²) in [5.41, 5.74) is 6.39. The van der Waals surface area contributed by atoms with Crippen LogP contribution in [-0.2, 0) is 4.84 Å². The average Bonchev–Trinajstić information content (AvgIpc) is 2.15. The van der Waals surface area contributed by atoms with Crippen molar-refractivity contribution in [2.24, 2.45) is 10.9 Å². The van der Waals surface area contributed by atoms with E-state index in [1.54, 1.807) is 0 Å². The molecule has 3 heteroatoms. The molecule has 1 aromatic rings. The molecule has 0 saturated carbocycles. The number of amidine groups is 1. The van der Waals surface area contributed by atoms with Crippen molar-refractivity contribution in [1.29, 1.82) is 0 Å². The van der Waals surface area contributed by atoms with Crippen molar-refractivity contribution in [1.82, 2.24) is 0 Å². The maximum atomic E-state index is 5.56. The van der Waals surface area contributed by atoms with Crippen molar-refractivity contribution in [2.45, 2.75) is 0 Å². The monoisotopic (exact) mass is 162 g/mol. The van der Waals surface area contributed by atoms with Gasteiger partial charge in [0.05, 0.1) is 0 Å². The van der Waals surface area contributed by atoms with Crippen molar-refractivity contribution in [3.63, 3.8) is 0 Å². The van der Waals surface area contributed by atoms with E-state index in [9.17, 15) is 0 Å². The van der Waals surface area contributed by atoms with Gasteiger partial charge in [0.2, 0.25) is 0 Å². The van der Waals surface area contributed by atoms with Crippen LogP contribution in [0.4, 0.5) is 0 Å². The number of oxime groups is 1. The lowest BCUT2D eigenvalue weighted by Crippen LogP contribution is -2.12. The van der Waals surface area contributed by atoms with Crippen LogP contribution >= 0.6 is 0 Å². The number of nitrogens with zero attached hydrogens (tertiary/aromatic N) is 1. The molecule has 0 bridgehead atoms. The minimum atomic E-state index is 0.343. The zero-order valence-electron chi connectivity index (χ0n) is 6.60. The van der Waals surface area contributed by atoms with E-state index in [2.05, 4.69) is 16.6 Å². The predicted octanol–water partition coefficient (Wildman–Crippen LogP) is 1.47. The van der Waals surface area contributed by atoms with Crippen LogP contribution in [-0.4, -0.2) is 5.84 Å². The number of hydrogen-bond acceptors (Lipinski definition) is 2. The summed E-state index contributed by atoms with van der Waals surface area (Å²) in [5, 5.41) is 3.59. The third-order valence-electron chi connectivity index (χ3n) is 1.30. The highest BCUT2D eigenvalue weighted by molar-refractivity contribution is 5.96. The van der Waals surface area contributed by atoms with Crippen LogP contribution in [0.3, 0.4) is 0 Å². The number of rotatable bonds is 3. The van der Waals surface area contributed by atoms with Crippen LogP contribution in [0.1, 0.15) is 5.56 Å². The van der Waals surface area contributed by atoms with Gasteiger partial charge in [0.25, 0.3) is 0 Å². The molecule has 0 heterocycles. The van der Waals surface area contributed by atoms with Crippen molar-refractivity contribution in [3.8, 4) is 0 Å². The van der Waals surface area contributed by atoms with Gasteiger partial charge in [0.1, 0.15) is 6.26 Å². The number of benzene rings is 1. The summed E-state index contributed by atoms with van der Waals surface area (Å²) in [7, 11) is 0. The highest BCUT2D eigenvalue weighted by Crippen LogP contribution is 1.97. The fourth-order valence-electron chi connectivity index (χ4n) is 0.756. The fraction of sp³-hybridized carbons (Fsp3) is 0. The molecule has 0 aliphatic rings. The minimum absolute atomic E-state index is 0.343. The van der Waals surface area contributed by atoms with Crippen LogP contribution in [0.15, 0.2) is 48.3 Å². The second-order valence-electron chi connectivity index (χ2n) is 2.11. The van der Waals surface area contributed by atoms with Gasteiger partial charge >= 0.3 is 0 Å². The van der Waals surface area contributed by atoms with Gasteiger partial charge in [-0.2, -0.15) is 0 Å². The smallest absolute Gasteiger partial charge is 0.170 e. The van der Waals surface area contributed by atoms with Gasteiger partial charge < -0.3 is 10.6 Å². The van der Waals surface area contributed by atoms with Gasteiger partial charge in [-0.25, -0.2) is 0 Å². The molecule has 0 unspecified atom stereocenters. The Balaban J connectivity index is 2.77. The first-order chi connectivity index (χ1) is 5.84. The zero-order chi connectivity index (χ0) is 8.81. The first kappa shape index (κ1) is 8.33. The highest BCUT2D eigenvalue weighted by atomic mass is 16.6. The maximum absolute atomic E-state index is 5.56. The number of nitrogens with two attached hydrogens (primary N) is 1. The predicted molar refractivity (Wildman–Crippen MR) is 48.4 cm³/mol. The normalized spacial score (nSPS) is 10.8. The van der Waals surface area contributed by atoms with Crippen LogP contribution in [0, 0.1) is 0 Å². The molecule has 0 fully saturated rings. The molecular formula is C9H10N2O. The summed E-state index contributed by atoms with van der Waals surface area (Å²) >= 11 is 0. The Kier molecular flexibility index (Phi) is 2.90. The first-order valence-corrected chi connectivity index (χ1v) is 3.50. The molecule has 0 aliphatic heterocycles. The van der Waals surface area contributed by atoms with E-state index in [0.29, 0.717) is 5.84 Å². The molecule has 12 heavy (non-hydrogen) atoms. The van der Waals surface area contributed by atoms with Crippen LogP contribution in [0.5, 0.6) is 0 Å². The van der Waals surface area contributed by atoms with Gasteiger partial charge in [-0.05, 0) is 0 Å². The van der Waals surface area contributed by atoms with E-state index < -0.39 is 0 Å². The van der Waals surface area contributed by atoms with Gasteiger partial charge in [-0.15, -0.1) is 0 Å². The van der Waals surface area contributed by atoms with E-state index >= 15 is 0 Å². The van der Waals surface area contributed by atoms with Gasteiger partial charge in [0.15, 0.2) is 5.84 Å². The zero-order valence-corrected chi connectivity index (χ0v) is 6.60. The molecule has 2 N–H and O–H groups in total. The first-order valence-electron chi connectivity index (χ1n) is 3.50. The summed E-state index contributed by atoms with van der Waals surface area (Å²) in [5.74, 6) is 0.343. The molecule has 1 rings (SSSR count). The molecule has 0 atom stereocenters. The largest absolute Gasteiger partial charge is 0.380 e. The van der Waals surface area contributed by atoms with Crippen molar-refractivity contribution < 1.29 is 4.84 Å². The van der Waals surface area contributed by atoms with Crippen molar-refractivity contribution in [2.75, 3.05) is 0 Å². The Morgan fingerprint density at radius 3 is 2.67 bits per heavy atom. The lowest BCUT2D eigenvalue weighted by molar-refractivity contribution is 0.269. The Labute approximate surface area is 71.1 Å². The second-order valence-corrected chi connectivity index (χ2v) is 2.11. The van der Waals surface area contributed by atoms with Gasteiger partial charge in [-0.1, -0.05) is 42.1 Å². The molecule has 0 amide bonds. The summed E-state index contributed by atoms with van der Waals surface area (Å²) in [4.78, 5) is 4.58. The van der Waals surface area contributed by atoms with Crippen molar-refractivity contribution in [3.05, 3.63) is 48.7 Å². The van der Waals surface area contributed by atoms with Gasteiger partial charge in [0, 0.05) is 5.56 Å². The molecule has 3 nitrogen and oxygen atoms in total. The lowest BCUT2D eigenvalue weighted by Gasteiger charge is -1.97. The molecule has 0 saturated heterocycles. The van der Waals surface area contributed by atoms with Gasteiger partial charge in [-0.3, -0.25) is 0 Å². The third kappa shape index (κ3) is 2.12. The molecule has 1 aromatic carbocycles. The summed E-state index contributed by atoms with van der Waals surface area (Å²) < 4.78 is 0. The second kappa shape index (κ2) is 4.18. The highest BCUT2D eigenvalue weighted by Gasteiger charge is 1.94. The lowest BCUT2D eigenvalue weighted by atomic mass is 10.2. The fourth-order valence-corrected chi connectivity index (χ4v) is 0.756. The molecule has 0 radical (unpaired) electrons. The minimum Gasteiger partial charge on any atom is -0.380 e. The van der Waals surface area contributed by atoms with E-state index in [0.717, 1.165) is 5.56 Å². The van der Waals surface area contributed by atoms with Crippen molar-refractivity contribution >= 4 is 5.84 Å². The SMILES string of the molecule is C=CON=C(N)c1ccccc1. The van der Waals surface area contributed by atoms with Crippen LogP contribution in [0.2, 0.25) is 0 Å². The van der Waals surface area contributed by atoms with E-state index in [4.69, 9.17) is 5.73 Å². The summed E-state index contributed by atoms with van der Waals surface area (Å²) in [6.45, 7) is 3.34. The van der Waals surface area contributed by atoms with E-state index in [1.807, 2.05) is 30.3 Å². The van der Waals surface area contributed by atoms with E-state index in [1.165, 1.54) is 6.26 Å². The quantitative estimate of drug-likeness (QED) is 0.316. The van der Waals surface area contributed by atoms with Crippen LogP contribution in [0.25, 0.3) is 0 Å². The Hall–Kier alpha value is -1.77. The standard InChI is InChI=1S/C9H10N2O/c1-2-12-11-9(10)8-6-4-3-5-7-8/h2-7H,1H2,(H2,10,11). The molecule has 0 aliphatic carbocycles. The average molecular weight is 162 g/mol. The van der Waals surface area contributed by atoms with E-state index in [-0.39, 0.29) is 0 Å². The summed E-state index contributed by atoms with van der Waals surface area (Å²) in [6.07, 6.45) is 1.22. The topological polar surface area (TPSA) is 47.6 Å². The van der Waals surface area contributed by atoms with Crippen LogP contribution < -0.4 is 5.73 Å². The molecule has 62 valence electrons. The maximum Gasteiger partial charge on any atom is 0.170 e. The Morgan fingerprint density at radius 2 is 2.08 bits per heavy atom.